The van der Waals surface area contributed by atoms with E-state index in [1.165, 1.54) is 0 Å². The van der Waals surface area contributed by atoms with Gasteiger partial charge in [0.25, 0.3) is 16.0 Å². The Labute approximate surface area is 167 Å². The molecule has 0 unspecified atom stereocenters. The number of hydrogen-bond donors (Lipinski definition) is 0. The molecule has 8 heteroatoms. The summed E-state index contributed by atoms with van der Waals surface area (Å²) >= 11 is 0. The second-order valence-corrected chi connectivity index (χ2v) is 8.18. The van der Waals surface area contributed by atoms with Gasteiger partial charge in [-0.1, -0.05) is 48.5 Å². The molecular weight excluding hydrogens is 388 g/mol. The zero-order valence-electron chi connectivity index (χ0n) is 15.2. The van der Waals surface area contributed by atoms with E-state index < -0.39 is 10.0 Å². The Morgan fingerprint density at radius 3 is 2.21 bits per heavy atom. The predicted molar refractivity (Wildman–Crippen MR) is 108 cm³/mol. The van der Waals surface area contributed by atoms with Crippen LogP contribution in [0.2, 0.25) is 0 Å². The number of para-hydroxylation sites is 3. The molecule has 7 nitrogen and oxygen atoms in total. The summed E-state index contributed by atoms with van der Waals surface area (Å²) in [6.07, 6.45) is 0. The lowest BCUT2D eigenvalue weighted by Gasteiger charge is -2.30. The van der Waals surface area contributed by atoms with Gasteiger partial charge in [0.05, 0.1) is 5.69 Å². The van der Waals surface area contributed by atoms with Crippen LogP contribution in [0.15, 0.2) is 89.8 Å². The van der Waals surface area contributed by atoms with E-state index in [9.17, 15) is 8.42 Å². The van der Waals surface area contributed by atoms with Gasteiger partial charge in [0.2, 0.25) is 0 Å². The highest BCUT2D eigenvalue weighted by molar-refractivity contribution is 7.90. The Morgan fingerprint density at radius 1 is 0.793 bits per heavy atom. The number of hydrogen-bond acceptors (Lipinski definition) is 6. The van der Waals surface area contributed by atoms with Crippen LogP contribution in [-0.4, -0.2) is 22.6 Å². The standard InChI is InChI=1S/C21H16N4O3S/c26-29(27)19-14-8-7-13-18(19)24(16-9-3-1-4-10-16)21-23-22-20(25(21)29)15-28-17-11-5-2-6-12-17/h1-14H,15H2. The smallest absolute Gasteiger partial charge is 0.274 e. The summed E-state index contributed by atoms with van der Waals surface area (Å²) < 4.78 is 33.6. The van der Waals surface area contributed by atoms with Gasteiger partial charge in [-0.25, -0.2) is 8.42 Å². The van der Waals surface area contributed by atoms with Crippen molar-refractivity contribution in [3.63, 3.8) is 0 Å². The molecular formula is C21H16N4O3S. The normalized spacial score (nSPS) is 14.1. The summed E-state index contributed by atoms with van der Waals surface area (Å²) in [5, 5.41) is 8.34. The first-order valence-electron chi connectivity index (χ1n) is 8.98. The Kier molecular flexibility index (Phi) is 4.06. The number of aromatic nitrogens is 3. The monoisotopic (exact) mass is 404 g/mol. The van der Waals surface area contributed by atoms with Crippen molar-refractivity contribution in [3.05, 3.63) is 90.8 Å². The topological polar surface area (TPSA) is 77.3 Å². The van der Waals surface area contributed by atoms with Gasteiger partial charge in [-0.3, -0.25) is 4.90 Å². The van der Waals surface area contributed by atoms with Crippen LogP contribution in [0.1, 0.15) is 5.82 Å². The van der Waals surface area contributed by atoms with E-state index in [1.807, 2.05) is 48.5 Å². The second kappa shape index (κ2) is 6.75. The summed E-state index contributed by atoms with van der Waals surface area (Å²) in [5.74, 6) is 1.04. The van der Waals surface area contributed by atoms with E-state index in [0.29, 0.717) is 11.4 Å². The van der Waals surface area contributed by atoms with E-state index in [-0.39, 0.29) is 23.3 Å². The van der Waals surface area contributed by atoms with E-state index in [2.05, 4.69) is 10.2 Å². The SMILES string of the molecule is O=S1(=O)c2ccccc2N(c2ccccc2)c2nnc(COc3ccccc3)n21. The molecule has 0 spiro atoms. The first-order chi connectivity index (χ1) is 14.2. The fourth-order valence-electron chi connectivity index (χ4n) is 3.33. The summed E-state index contributed by atoms with van der Waals surface area (Å²) in [7, 11) is -3.86. The highest BCUT2D eigenvalue weighted by Crippen LogP contribution is 2.43. The summed E-state index contributed by atoms with van der Waals surface area (Å²) in [4.78, 5) is 1.98. The van der Waals surface area contributed by atoms with Gasteiger partial charge in [-0.2, -0.15) is 3.97 Å². The summed E-state index contributed by atoms with van der Waals surface area (Å²) in [6, 6.07) is 25.5. The van der Waals surface area contributed by atoms with Crippen molar-refractivity contribution >= 4 is 27.3 Å². The van der Waals surface area contributed by atoms with Crippen molar-refractivity contribution < 1.29 is 13.2 Å². The van der Waals surface area contributed by atoms with E-state index in [4.69, 9.17) is 4.74 Å². The Bertz CT molecular complexity index is 1270. The van der Waals surface area contributed by atoms with Crippen LogP contribution in [-0.2, 0) is 16.6 Å². The van der Waals surface area contributed by atoms with Crippen molar-refractivity contribution in [2.24, 2.45) is 0 Å². The van der Waals surface area contributed by atoms with Gasteiger partial charge >= 0.3 is 0 Å². The van der Waals surface area contributed by atoms with E-state index in [1.54, 1.807) is 41.3 Å². The average molecular weight is 404 g/mol. The maximum atomic E-state index is 13.4. The molecule has 1 aromatic heterocycles. The van der Waals surface area contributed by atoms with Crippen LogP contribution < -0.4 is 9.64 Å². The van der Waals surface area contributed by atoms with Crippen LogP contribution in [0.25, 0.3) is 0 Å². The van der Waals surface area contributed by atoms with Crippen LogP contribution in [0, 0.1) is 0 Å². The molecule has 1 aliphatic heterocycles. The fourth-order valence-corrected chi connectivity index (χ4v) is 4.90. The summed E-state index contributed by atoms with van der Waals surface area (Å²) in [5.41, 5.74) is 1.33. The molecule has 0 amide bonds. The minimum Gasteiger partial charge on any atom is -0.486 e. The fraction of sp³-hybridized carbons (Fsp3) is 0.0476. The third-order valence-electron chi connectivity index (χ3n) is 4.62. The molecule has 144 valence electrons. The molecule has 4 aromatic rings. The van der Waals surface area contributed by atoms with Crippen LogP contribution in [0.3, 0.4) is 0 Å². The Morgan fingerprint density at radius 2 is 1.45 bits per heavy atom. The number of fused-ring (bicyclic) bond motifs is 2. The van der Waals surface area contributed by atoms with Gasteiger partial charge in [-0.05, 0) is 36.4 Å². The second-order valence-electron chi connectivity index (χ2n) is 6.43. The van der Waals surface area contributed by atoms with E-state index in [0.717, 1.165) is 9.66 Å². The summed E-state index contributed by atoms with van der Waals surface area (Å²) in [6.45, 7) is -0.0267. The predicted octanol–water partition coefficient (Wildman–Crippen LogP) is 3.88. The minimum atomic E-state index is -3.86. The van der Waals surface area contributed by atoms with Crippen molar-refractivity contribution in [2.75, 3.05) is 4.90 Å². The van der Waals surface area contributed by atoms with Gasteiger partial charge in [0.15, 0.2) is 5.82 Å². The lowest BCUT2D eigenvalue weighted by Crippen LogP contribution is -2.29. The van der Waals surface area contributed by atoms with Crippen molar-refractivity contribution in [1.82, 2.24) is 14.2 Å². The molecule has 29 heavy (non-hydrogen) atoms. The minimum absolute atomic E-state index is 0.0267. The molecule has 0 fully saturated rings. The number of rotatable bonds is 4. The van der Waals surface area contributed by atoms with Gasteiger partial charge in [-0.15, -0.1) is 10.2 Å². The van der Waals surface area contributed by atoms with Gasteiger partial charge < -0.3 is 4.74 Å². The molecule has 0 saturated carbocycles. The zero-order chi connectivity index (χ0) is 19.8. The highest BCUT2D eigenvalue weighted by Gasteiger charge is 2.38. The van der Waals surface area contributed by atoms with Crippen LogP contribution in [0.4, 0.5) is 17.3 Å². The Hall–Kier alpha value is -3.65. The zero-order valence-corrected chi connectivity index (χ0v) is 16.0. The largest absolute Gasteiger partial charge is 0.486 e. The molecule has 3 aromatic carbocycles. The molecule has 0 N–H and O–H groups in total. The molecule has 0 bridgehead atoms. The molecule has 5 rings (SSSR count). The first-order valence-corrected chi connectivity index (χ1v) is 10.4. The molecule has 1 aliphatic rings. The molecule has 0 aliphatic carbocycles. The molecule has 0 atom stereocenters. The first kappa shape index (κ1) is 17.4. The lowest BCUT2D eigenvalue weighted by molar-refractivity contribution is 0.294. The van der Waals surface area contributed by atoms with Crippen molar-refractivity contribution in [3.8, 4) is 5.75 Å². The maximum Gasteiger partial charge on any atom is 0.274 e. The lowest BCUT2D eigenvalue weighted by atomic mass is 10.2. The van der Waals surface area contributed by atoms with Crippen LogP contribution in [0.5, 0.6) is 5.75 Å². The van der Waals surface area contributed by atoms with Crippen molar-refractivity contribution in [1.29, 1.82) is 0 Å². The highest BCUT2D eigenvalue weighted by atomic mass is 32.2. The maximum absolute atomic E-state index is 13.4. The Balaban J connectivity index is 1.65. The molecule has 2 heterocycles. The number of nitrogens with zero attached hydrogens (tertiary/aromatic N) is 4. The third-order valence-corrected chi connectivity index (χ3v) is 6.38. The number of ether oxygens (including phenoxy) is 1. The van der Waals surface area contributed by atoms with Crippen molar-refractivity contribution in [2.45, 2.75) is 11.5 Å². The van der Waals surface area contributed by atoms with Gasteiger partial charge in [0, 0.05) is 5.69 Å². The molecule has 0 saturated heterocycles. The van der Waals surface area contributed by atoms with E-state index >= 15 is 0 Å². The van der Waals surface area contributed by atoms with Gasteiger partial charge in [0.1, 0.15) is 17.3 Å². The average Bonchev–Trinajstić information content (AvgIpc) is 3.19. The number of benzene rings is 3. The third kappa shape index (κ3) is 2.85. The van der Waals surface area contributed by atoms with Crippen LogP contribution >= 0.6 is 0 Å². The quantitative estimate of drug-likeness (QED) is 0.452. The number of anilines is 3. The molecule has 0 radical (unpaired) electrons.